The fourth-order valence-corrected chi connectivity index (χ4v) is 10.3. The lowest BCUT2D eigenvalue weighted by Gasteiger charge is -2.68. The minimum atomic E-state index is -0.0888. The van der Waals surface area contributed by atoms with E-state index in [4.69, 9.17) is 0 Å². The lowest BCUT2D eigenvalue weighted by Crippen LogP contribution is -2.71. The van der Waals surface area contributed by atoms with Gasteiger partial charge in [-0.3, -0.25) is 14.5 Å². The van der Waals surface area contributed by atoms with Crippen molar-refractivity contribution in [3.8, 4) is 5.75 Å². The molecule has 6 atom stereocenters. The van der Waals surface area contributed by atoms with E-state index in [1.165, 1.54) is 53.9 Å². The Morgan fingerprint density at radius 3 is 2.75 bits per heavy atom. The zero-order chi connectivity index (χ0) is 24.4. The number of benzene rings is 1. The summed E-state index contributed by atoms with van der Waals surface area (Å²) < 4.78 is 1.51. The smallest absolute Gasteiger partial charge is 0.255 e. The molecule has 5 unspecified atom stereocenters. The molecule has 0 spiro atoms. The number of hydrogen-bond acceptors (Lipinski definition) is 4. The lowest BCUT2D eigenvalue weighted by atomic mass is 9.43. The lowest BCUT2D eigenvalue weighted by molar-refractivity contribution is -0.122. The Hall–Kier alpha value is -2.60. The van der Waals surface area contributed by atoms with Crippen LogP contribution in [0.1, 0.15) is 66.4 Å². The molecule has 3 heterocycles. The van der Waals surface area contributed by atoms with Gasteiger partial charge in [-0.05, 0) is 98.1 Å². The molecule has 2 aromatic rings. The minimum Gasteiger partial charge on any atom is -0.508 e. The summed E-state index contributed by atoms with van der Waals surface area (Å²) in [6.07, 6.45) is 11.5. The molecule has 2 aliphatic heterocycles. The van der Waals surface area contributed by atoms with Gasteiger partial charge in [-0.25, -0.2) is 0 Å². The Kier molecular flexibility index (Phi) is 4.20. The third kappa shape index (κ3) is 2.42. The van der Waals surface area contributed by atoms with Crippen molar-refractivity contribution in [3.63, 3.8) is 0 Å². The number of hydrogen-bond donors (Lipinski definition) is 1. The van der Waals surface area contributed by atoms with Crippen molar-refractivity contribution < 1.29 is 9.90 Å². The van der Waals surface area contributed by atoms with Gasteiger partial charge in [0, 0.05) is 49.4 Å². The first-order chi connectivity index (χ1) is 17.4. The average Bonchev–Trinajstić information content (AvgIpc) is 3.27. The Morgan fingerprint density at radius 1 is 1.11 bits per heavy atom. The van der Waals surface area contributed by atoms with E-state index >= 15 is 0 Å². The third-order valence-corrected chi connectivity index (χ3v) is 11.7. The molecule has 2 saturated heterocycles. The highest BCUT2D eigenvalue weighted by molar-refractivity contribution is 5.94. The van der Waals surface area contributed by atoms with Gasteiger partial charge in [0.15, 0.2) is 0 Å². The number of fused-ring (bicyclic) bond motifs is 1. The van der Waals surface area contributed by atoms with Gasteiger partial charge in [-0.1, -0.05) is 12.5 Å². The standard InChI is InChI=1S/C30H35N3O3/c1-31-16-19(6-8-26(31)35)28(36)33-17-20-15-29-10-9-24(33)27(20)30(29)11-12-32(21-3-2-4-21)25(29)13-18-5-7-22(34)14-23(18)30/h5-8,14,16,20-21,24-25,27,34H,2-4,9-13,15,17H2,1H3/t20-,24?,25?,27?,29?,30?/m1/s1. The summed E-state index contributed by atoms with van der Waals surface area (Å²) in [6, 6.07) is 11.0. The SMILES string of the molecule is Cn1cc(C(=O)N2C[C@H]3CC45CCC2C3C42CCN(C3CCC3)C5Cc3ccc(O)cc32)ccc1=O. The maximum atomic E-state index is 13.8. The van der Waals surface area contributed by atoms with Crippen molar-refractivity contribution in [2.75, 3.05) is 13.1 Å². The van der Waals surface area contributed by atoms with E-state index < -0.39 is 0 Å². The summed E-state index contributed by atoms with van der Waals surface area (Å²) in [4.78, 5) is 30.8. The molecule has 4 bridgehead atoms. The summed E-state index contributed by atoms with van der Waals surface area (Å²) >= 11 is 0. The van der Waals surface area contributed by atoms with Crippen LogP contribution in [0.2, 0.25) is 0 Å². The molecule has 6 aliphatic rings. The summed E-state index contributed by atoms with van der Waals surface area (Å²) in [5.74, 6) is 1.42. The van der Waals surface area contributed by atoms with E-state index in [1.54, 1.807) is 19.3 Å². The monoisotopic (exact) mass is 485 g/mol. The predicted molar refractivity (Wildman–Crippen MR) is 136 cm³/mol. The Labute approximate surface area is 211 Å². The molecule has 1 N–H and O–H groups in total. The number of aryl methyl sites for hydroxylation is 1. The van der Waals surface area contributed by atoms with Crippen molar-refractivity contribution >= 4 is 5.91 Å². The van der Waals surface area contributed by atoms with Crippen molar-refractivity contribution in [3.05, 3.63) is 63.6 Å². The van der Waals surface area contributed by atoms with Gasteiger partial charge >= 0.3 is 0 Å². The molecule has 1 aromatic carbocycles. The second-order valence-electron chi connectivity index (χ2n) is 12.7. The largest absolute Gasteiger partial charge is 0.508 e. The number of rotatable bonds is 2. The van der Waals surface area contributed by atoms with Crippen LogP contribution in [-0.2, 0) is 18.9 Å². The highest BCUT2D eigenvalue weighted by Gasteiger charge is 2.76. The highest BCUT2D eigenvalue weighted by atomic mass is 16.3. The van der Waals surface area contributed by atoms with E-state index in [2.05, 4.69) is 21.9 Å². The second kappa shape index (κ2) is 7.03. The van der Waals surface area contributed by atoms with E-state index in [1.807, 2.05) is 6.07 Å². The Morgan fingerprint density at radius 2 is 1.97 bits per heavy atom. The average molecular weight is 486 g/mol. The molecule has 6 nitrogen and oxygen atoms in total. The molecule has 3 saturated carbocycles. The minimum absolute atomic E-state index is 0.0520. The fraction of sp³-hybridized carbons (Fsp3) is 0.600. The van der Waals surface area contributed by atoms with Gasteiger partial charge in [0.05, 0.1) is 5.56 Å². The van der Waals surface area contributed by atoms with Gasteiger partial charge in [-0.15, -0.1) is 0 Å². The molecule has 8 rings (SSSR count). The topological polar surface area (TPSA) is 65.8 Å². The van der Waals surface area contributed by atoms with Crippen molar-refractivity contribution in [1.29, 1.82) is 0 Å². The number of aromatic hydroxyl groups is 1. The van der Waals surface area contributed by atoms with E-state index in [0.29, 0.717) is 29.2 Å². The number of pyridine rings is 1. The first-order valence-electron chi connectivity index (χ1n) is 14.0. The first kappa shape index (κ1) is 21.5. The zero-order valence-corrected chi connectivity index (χ0v) is 21.0. The summed E-state index contributed by atoms with van der Waals surface area (Å²) in [5, 5.41) is 10.6. The number of phenols is 1. The molecule has 4 aliphatic carbocycles. The third-order valence-electron chi connectivity index (χ3n) is 11.7. The first-order valence-corrected chi connectivity index (χ1v) is 14.0. The Balaban J connectivity index is 1.24. The molecule has 1 amide bonds. The van der Waals surface area contributed by atoms with Crippen LogP contribution in [0.5, 0.6) is 5.75 Å². The number of piperidine rings is 1. The molecule has 36 heavy (non-hydrogen) atoms. The van der Waals surface area contributed by atoms with Crippen LogP contribution in [0, 0.1) is 17.3 Å². The number of likely N-dealkylation sites (tertiary alicyclic amines) is 2. The molecule has 1 aromatic heterocycles. The summed E-state index contributed by atoms with van der Waals surface area (Å²) in [5.41, 5.74) is 3.68. The van der Waals surface area contributed by atoms with E-state index in [9.17, 15) is 14.7 Å². The van der Waals surface area contributed by atoms with Crippen LogP contribution in [0.4, 0.5) is 0 Å². The van der Waals surface area contributed by atoms with E-state index in [0.717, 1.165) is 38.4 Å². The van der Waals surface area contributed by atoms with Gasteiger partial charge in [0.25, 0.3) is 5.91 Å². The quantitative estimate of drug-likeness (QED) is 0.708. The van der Waals surface area contributed by atoms with E-state index in [-0.39, 0.29) is 28.3 Å². The molecule has 5 fully saturated rings. The number of carbonyl (C=O) groups excluding carboxylic acids is 1. The number of aromatic nitrogens is 1. The zero-order valence-electron chi connectivity index (χ0n) is 21.0. The number of nitrogens with zero attached hydrogens (tertiary/aromatic N) is 3. The summed E-state index contributed by atoms with van der Waals surface area (Å²) in [6.45, 7) is 1.97. The van der Waals surface area contributed by atoms with Gasteiger partial charge < -0.3 is 14.6 Å². The highest BCUT2D eigenvalue weighted by Crippen LogP contribution is 2.75. The molecular formula is C30H35N3O3. The van der Waals surface area contributed by atoms with Gasteiger partial charge in [0.2, 0.25) is 5.56 Å². The van der Waals surface area contributed by atoms with Crippen LogP contribution in [0.3, 0.4) is 0 Å². The van der Waals surface area contributed by atoms with Gasteiger partial charge in [0.1, 0.15) is 5.75 Å². The predicted octanol–water partition coefficient (Wildman–Crippen LogP) is 3.45. The summed E-state index contributed by atoms with van der Waals surface area (Å²) in [7, 11) is 1.72. The van der Waals surface area contributed by atoms with Gasteiger partial charge in [-0.2, -0.15) is 0 Å². The number of amides is 1. The number of phenolic OH excluding ortho intramolecular Hbond substituents is 1. The van der Waals surface area contributed by atoms with Crippen LogP contribution in [0.25, 0.3) is 0 Å². The molecular weight excluding hydrogens is 450 g/mol. The number of carbonyl (C=O) groups is 1. The van der Waals surface area contributed by atoms with Crippen LogP contribution in [-0.4, -0.2) is 56.6 Å². The molecule has 6 heteroatoms. The molecule has 188 valence electrons. The second-order valence-corrected chi connectivity index (χ2v) is 12.7. The van der Waals surface area contributed by atoms with Crippen molar-refractivity contribution in [1.82, 2.24) is 14.4 Å². The fourth-order valence-electron chi connectivity index (χ4n) is 10.3. The maximum Gasteiger partial charge on any atom is 0.255 e. The van der Waals surface area contributed by atoms with Crippen molar-refractivity contribution in [2.45, 2.75) is 74.9 Å². The Bertz CT molecular complexity index is 1350. The van der Waals surface area contributed by atoms with Crippen LogP contribution >= 0.6 is 0 Å². The normalized spacial score (nSPS) is 38.4. The van der Waals surface area contributed by atoms with Crippen LogP contribution < -0.4 is 5.56 Å². The molecule has 0 radical (unpaired) electrons. The maximum absolute atomic E-state index is 13.8. The van der Waals surface area contributed by atoms with Crippen molar-refractivity contribution in [2.24, 2.45) is 24.3 Å². The van der Waals surface area contributed by atoms with Crippen LogP contribution in [0.15, 0.2) is 41.3 Å².